The van der Waals surface area contributed by atoms with Crippen LogP contribution in [0.2, 0.25) is 0 Å². The number of hydrogen-bond acceptors (Lipinski definition) is 2. The molecule has 1 aliphatic heterocycles. The fraction of sp³-hybridized carbons (Fsp3) is 0.125. The quantitative estimate of drug-likeness (QED) is 0.561. The first kappa shape index (κ1) is 5.86. The largest absolute Gasteiger partial charge is 0.193 e. The molecular weight excluding hydrogens is 142 g/mol. The van der Waals surface area contributed by atoms with Gasteiger partial charge in [-0.1, -0.05) is 6.07 Å². The van der Waals surface area contributed by atoms with Gasteiger partial charge in [-0.15, -0.1) is 0 Å². The number of nitrogens with zero attached hydrogens (tertiary/aromatic N) is 1. The number of fused-ring (bicyclic) bond motifs is 1. The monoisotopic (exact) mass is 149 g/mol. The molecule has 1 heterocycles. The minimum absolute atomic E-state index is 1.12. The van der Waals surface area contributed by atoms with Gasteiger partial charge < -0.3 is 0 Å². The van der Waals surface area contributed by atoms with Gasteiger partial charge in [0.15, 0.2) is 0 Å². The summed E-state index contributed by atoms with van der Waals surface area (Å²) in [7, 11) is 0. The molecule has 0 saturated carbocycles. The van der Waals surface area contributed by atoms with Crippen LogP contribution in [0.3, 0.4) is 0 Å². The Labute approximate surface area is 63.8 Å². The molecule has 0 aromatic carbocycles. The molecule has 0 atom stereocenters. The van der Waals surface area contributed by atoms with Gasteiger partial charge in [0.2, 0.25) is 0 Å². The van der Waals surface area contributed by atoms with E-state index in [2.05, 4.69) is 29.5 Å². The first-order chi connectivity index (χ1) is 4.88. The molecule has 2 heteroatoms. The number of aromatic nitrogens is 1. The Balaban J connectivity index is 2.78. The van der Waals surface area contributed by atoms with E-state index in [1.165, 1.54) is 22.7 Å². The Kier molecular flexibility index (Phi) is 1.21. The van der Waals surface area contributed by atoms with E-state index in [0.29, 0.717) is 0 Å². The van der Waals surface area contributed by atoms with Crippen molar-refractivity contribution in [2.24, 2.45) is 0 Å². The lowest BCUT2D eigenvalue weighted by atomic mass is 10.2. The Morgan fingerprint density at radius 1 is 1.30 bits per heavy atom. The normalized spacial score (nSPS) is 10.5. The molecule has 50 valence electrons. The third-order valence-electron chi connectivity index (χ3n) is 1.64. The maximum absolute atomic E-state index is 4.24. The molecule has 0 saturated heterocycles. The lowest BCUT2D eigenvalue weighted by molar-refractivity contribution is 1.49. The van der Waals surface area contributed by atoms with Crippen LogP contribution in [0.1, 0.15) is 5.56 Å². The predicted octanol–water partition coefficient (Wildman–Crippen LogP) is 2.56. The summed E-state index contributed by atoms with van der Waals surface area (Å²) in [5.41, 5.74) is 3.71. The molecule has 0 radical (unpaired) electrons. The van der Waals surface area contributed by atoms with Crippen molar-refractivity contribution < 1.29 is 0 Å². The highest BCUT2D eigenvalue weighted by atomic mass is 32.1. The van der Waals surface area contributed by atoms with Crippen molar-refractivity contribution in [1.29, 1.82) is 0 Å². The SMILES string of the molecule is Cc1ccc2nsccc1-2. The van der Waals surface area contributed by atoms with E-state index in [4.69, 9.17) is 0 Å². The van der Waals surface area contributed by atoms with Crippen molar-refractivity contribution >= 4 is 11.5 Å². The van der Waals surface area contributed by atoms with Crippen molar-refractivity contribution in [3.05, 3.63) is 29.1 Å². The van der Waals surface area contributed by atoms with Gasteiger partial charge in [0.25, 0.3) is 0 Å². The number of aryl methyl sites for hydroxylation is 1. The number of hydrogen-bond donors (Lipinski definition) is 0. The van der Waals surface area contributed by atoms with E-state index < -0.39 is 0 Å². The molecule has 2 aliphatic rings. The third kappa shape index (κ3) is 0.727. The molecule has 1 nitrogen and oxygen atoms in total. The second kappa shape index (κ2) is 2.06. The summed E-state index contributed by atoms with van der Waals surface area (Å²) in [6.45, 7) is 2.11. The zero-order chi connectivity index (χ0) is 6.97. The van der Waals surface area contributed by atoms with E-state index in [1.807, 2.05) is 5.38 Å². The summed E-state index contributed by atoms with van der Waals surface area (Å²) in [5.74, 6) is 0. The van der Waals surface area contributed by atoms with E-state index in [-0.39, 0.29) is 0 Å². The molecule has 0 aromatic rings. The van der Waals surface area contributed by atoms with Crippen molar-refractivity contribution in [2.45, 2.75) is 6.92 Å². The summed E-state index contributed by atoms with van der Waals surface area (Å²) < 4.78 is 4.24. The molecule has 0 unspecified atom stereocenters. The van der Waals surface area contributed by atoms with Crippen molar-refractivity contribution in [2.75, 3.05) is 0 Å². The molecule has 0 N–H and O–H groups in total. The van der Waals surface area contributed by atoms with E-state index >= 15 is 0 Å². The molecular formula is C8H7NS. The summed E-state index contributed by atoms with van der Waals surface area (Å²) in [5, 5.41) is 2.01. The average molecular weight is 149 g/mol. The van der Waals surface area contributed by atoms with Gasteiger partial charge in [-0.25, -0.2) is 0 Å². The van der Waals surface area contributed by atoms with Gasteiger partial charge in [-0.05, 0) is 36.2 Å². The number of rotatable bonds is 0. The van der Waals surface area contributed by atoms with E-state index in [9.17, 15) is 0 Å². The highest BCUT2D eigenvalue weighted by molar-refractivity contribution is 7.03. The predicted molar refractivity (Wildman–Crippen MR) is 43.5 cm³/mol. The Morgan fingerprint density at radius 3 is 3.00 bits per heavy atom. The Bertz CT molecular complexity index is 313. The Hall–Kier alpha value is -0.890. The van der Waals surface area contributed by atoms with Crippen LogP contribution < -0.4 is 0 Å². The topological polar surface area (TPSA) is 12.9 Å². The van der Waals surface area contributed by atoms with Gasteiger partial charge in [0.05, 0.1) is 5.69 Å². The van der Waals surface area contributed by atoms with Gasteiger partial charge in [0.1, 0.15) is 0 Å². The lowest BCUT2D eigenvalue weighted by Crippen LogP contribution is -1.75. The van der Waals surface area contributed by atoms with Crippen LogP contribution >= 0.6 is 11.5 Å². The van der Waals surface area contributed by atoms with Gasteiger partial charge in [-0.2, -0.15) is 4.37 Å². The van der Waals surface area contributed by atoms with Crippen LogP contribution in [0.15, 0.2) is 23.6 Å². The molecule has 0 bridgehead atoms. The van der Waals surface area contributed by atoms with Crippen molar-refractivity contribution in [1.82, 2.24) is 4.37 Å². The zero-order valence-corrected chi connectivity index (χ0v) is 6.48. The summed E-state index contributed by atoms with van der Waals surface area (Å²) in [6, 6.07) is 6.27. The minimum atomic E-state index is 1.12. The first-order valence-electron chi connectivity index (χ1n) is 3.17. The molecule has 0 fully saturated rings. The molecule has 10 heavy (non-hydrogen) atoms. The lowest BCUT2D eigenvalue weighted by Gasteiger charge is -1.94. The summed E-state index contributed by atoms with van der Waals surface area (Å²) >= 11 is 1.50. The highest BCUT2D eigenvalue weighted by Gasteiger charge is 2.04. The summed E-state index contributed by atoms with van der Waals surface area (Å²) in [6.07, 6.45) is 0. The highest BCUT2D eigenvalue weighted by Crippen LogP contribution is 2.24. The van der Waals surface area contributed by atoms with Crippen LogP contribution in [0.25, 0.3) is 11.3 Å². The standard InChI is InChI=1S/C8H7NS/c1-6-2-3-8-7(6)4-5-10-9-8/h2-5H,1H3. The summed E-state index contributed by atoms with van der Waals surface area (Å²) in [4.78, 5) is 0. The molecule has 0 amide bonds. The maximum atomic E-state index is 4.24. The van der Waals surface area contributed by atoms with E-state index in [0.717, 1.165) is 5.69 Å². The fourth-order valence-electron chi connectivity index (χ4n) is 1.07. The maximum Gasteiger partial charge on any atom is 0.0835 e. The second-order valence-electron chi connectivity index (χ2n) is 2.31. The molecule has 1 aliphatic carbocycles. The van der Waals surface area contributed by atoms with Crippen LogP contribution in [-0.4, -0.2) is 4.37 Å². The third-order valence-corrected chi connectivity index (χ3v) is 2.20. The molecule has 0 aromatic heterocycles. The van der Waals surface area contributed by atoms with Gasteiger partial charge in [0, 0.05) is 10.9 Å². The molecule has 2 rings (SSSR count). The van der Waals surface area contributed by atoms with Crippen LogP contribution in [0.5, 0.6) is 0 Å². The second-order valence-corrected chi connectivity index (χ2v) is 2.98. The first-order valence-corrected chi connectivity index (χ1v) is 4.01. The van der Waals surface area contributed by atoms with Gasteiger partial charge >= 0.3 is 0 Å². The van der Waals surface area contributed by atoms with Crippen LogP contribution in [-0.2, 0) is 0 Å². The van der Waals surface area contributed by atoms with Crippen molar-refractivity contribution in [3.8, 4) is 11.3 Å². The van der Waals surface area contributed by atoms with Crippen LogP contribution in [0.4, 0.5) is 0 Å². The zero-order valence-electron chi connectivity index (χ0n) is 5.66. The fourth-order valence-corrected chi connectivity index (χ4v) is 1.60. The molecule has 0 spiro atoms. The Morgan fingerprint density at radius 2 is 2.20 bits per heavy atom. The van der Waals surface area contributed by atoms with Crippen LogP contribution in [0, 0.1) is 6.92 Å². The smallest absolute Gasteiger partial charge is 0.0835 e. The minimum Gasteiger partial charge on any atom is -0.193 e. The average Bonchev–Trinajstić information content (AvgIpc) is 2.34. The van der Waals surface area contributed by atoms with Crippen molar-refractivity contribution in [3.63, 3.8) is 0 Å². The van der Waals surface area contributed by atoms with E-state index in [1.54, 1.807) is 0 Å². The van der Waals surface area contributed by atoms with Gasteiger partial charge in [-0.3, -0.25) is 0 Å².